The van der Waals surface area contributed by atoms with Gasteiger partial charge in [-0.1, -0.05) is 18.2 Å². The fraction of sp³-hybridized carbons (Fsp3) is 0.533. The van der Waals surface area contributed by atoms with Crippen molar-refractivity contribution in [3.8, 4) is 5.75 Å². The van der Waals surface area contributed by atoms with Gasteiger partial charge in [-0.05, 0) is 12.5 Å². The monoisotopic (exact) mass is 455 g/mol. The zero-order chi connectivity index (χ0) is 16.6. The summed E-state index contributed by atoms with van der Waals surface area (Å²) < 4.78 is 27.6. The van der Waals surface area contributed by atoms with E-state index in [1.54, 1.807) is 14.2 Å². The first-order chi connectivity index (χ1) is 10.4. The van der Waals surface area contributed by atoms with Crippen LogP contribution in [0, 0.1) is 0 Å². The number of rotatable bonds is 7. The van der Waals surface area contributed by atoms with E-state index in [1.807, 2.05) is 36.2 Å². The molecule has 0 aliphatic rings. The largest absolute Gasteiger partial charge is 0.496 e. The maximum Gasteiger partial charge on any atom is 0.193 e. The van der Waals surface area contributed by atoms with Crippen LogP contribution in [0.1, 0.15) is 12.0 Å². The molecule has 1 aromatic rings. The Kier molecular flexibility index (Phi) is 10.2. The lowest BCUT2D eigenvalue weighted by molar-refractivity contribution is 0.396. The number of guanidine groups is 1. The molecular formula is C15H26IN3O3S. The Balaban J connectivity index is 0.00000484. The van der Waals surface area contributed by atoms with Gasteiger partial charge in [0.1, 0.15) is 15.6 Å². The number of aliphatic imine (C=N–C) groups is 1. The molecule has 0 amide bonds. The minimum Gasteiger partial charge on any atom is -0.496 e. The molecule has 0 atom stereocenters. The van der Waals surface area contributed by atoms with Gasteiger partial charge < -0.3 is 15.0 Å². The lowest BCUT2D eigenvalue weighted by atomic mass is 10.2. The van der Waals surface area contributed by atoms with E-state index in [9.17, 15) is 8.42 Å². The molecule has 1 aromatic carbocycles. The van der Waals surface area contributed by atoms with E-state index in [4.69, 9.17) is 4.74 Å². The molecule has 0 spiro atoms. The van der Waals surface area contributed by atoms with Gasteiger partial charge in [0.2, 0.25) is 0 Å². The topological polar surface area (TPSA) is 71.0 Å². The van der Waals surface area contributed by atoms with Gasteiger partial charge in [0, 0.05) is 39.0 Å². The normalized spacial score (nSPS) is 11.6. The third-order valence-corrected chi connectivity index (χ3v) is 4.18. The Labute approximate surface area is 156 Å². The lowest BCUT2D eigenvalue weighted by Gasteiger charge is -2.23. The molecule has 6 nitrogen and oxygen atoms in total. The summed E-state index contributed by atoms with van der Waals surface area (Å²) in [4.78, 5) is 6.19. The maximum atomic E-state index is 11.1. The van der Waals surface area contributed by atoms with Crippen molar-refractivity contribution >= 4 is 39.8 Å². The van der Waals surface area contributed by atoms with Crippen molar-refractivity contribution in [1.82, 2.24) is 10.2 Å². The summed E-state index contributed by atoms with van der Waals surface area (Å²) in [6, 6.07) is 7.83. The number of nitrogens with one attached hydrogen (secondary N) is 1. The van der Waals surface area contributed by atoms with Crippen LogP contribution in [-0.4, -0.2) is 59.0 Å². The Morgan fingerprint density at radius 3 is 2.57 bits per heavy atom. The van der Waals surface area contributed by atoms with Gasteiger partial charge in [-0.25, -0.2) is 8.42 Å². The quantitative estimate of drug-likeness (QED) is 0.294. The van der Waals surface area contributed by atoms with Crippen LogP contribution in [0.2, 0.25) is 0 Å². The van der Waals surface area contributed by atoms with Crippen molar-refractivity contribution < 1.29 is 13.2 Å². The molecule has 132 valence electrons. The summed E-state index contributed by atoms with van der Waals surface area (Å²) in [5.74, 6) is 1.73. The van der Waals surface area contributed by atoms with Crippen LogP contribution >= 0.6 is 24.0 Å². The van der Waals surface area contributed by atoms with Gasteiger partial charge >= 0.3 is 0 Å². The van der Waals surface area contributed by atoms with Crippen molar-refractivity contribution in [3.05, 3.63) is 29.8 Å². The number of hydrogen-bond acceptors (Lipinski definition) is 4. The number of nitrogens with zero attached hydrogens (tertiary/aromatic N) is 2. The van der Waals surface area contributed by atoms with E-state index in [0.29, 0.717) is 19.5 Å². The van der Waals surface area contributed by atoms with E-state index < -0.39 is 9.84 Å². The van der Waals surface area contributed by atoms with Crippen molar-refractivity contribution in [2.45, 2.75) is 13.0 Å². The van der Waals surface area contributed by atoms with Crippen molar-refractivity contribution in [3.63, 3.8) is 0 Å². The van der Waals surface area contributed by atoms with Crippen LogP contribution < -0.4 is 10.1 Å². The molecule has 0 aliphatic carbocycles. The first-order valence-corrected chi connectivity index (χ1v) is 9.15. The molecule has 0 saturated carbocycles. The zero-order valence-corrected chi connectivity index (χ0v) is 17.2. The van der Waals surface area contributed by atoms with Gasteiger partial charge in [-0.2, -0.15) is 0 Å². The average molecular weight is 455 g/mol. The average Bonchev–Trinajstić information content (AvgIpc) is 2.46. The van der Waals surface area contributed by atoms with E-state index in [0.717, 1.165) is 17.3 Å². The van der Waals surface area contributed by atoms with Crippen LogP contribution in [0.25, 0.3) is 0 Å². The lowest BCUT2D eigenvalue weighted by Crippen LogP contribution is -2.39. The summed E-state index contributed by atoms with van der Waals surface area (Å²) >= 11 is 0. The van der Waals surface area contributed by atoms with Gasteiger partial charge in [-0.3, -0.25) is 4.99 Å². The highest BCUT2D eigenvalue weighted by Crippen LogP contribution is 2.18. The Bertz CT molecular complexity index is 606. The smallest absolute Gasteiger partial charge is 0.193 e. The minimum atomic E-state index is -2.92. The number of para-hydroxylation sites is 1. The molecular weight excluding hydrogens is 429 g/mol. The van der Waals surface area contributed by atoms with E-state index in [2.05, 4.69) is 10.3 Å². The molecule has 0 aromatic heterocycles. The van der Waals surface area contributed by atoms with E-state index in [1.165, 1.54) is 6.26 Å². The summed E-state index contributed by atoms with van der Waals surface area (Å²) in [6.45, 7) is 1.21. The Hall–Kier alpha value is -1.03. The number of sulfone groups is 1. The van der Waals surface area contributed by atoms with Crippen molar-refractivity contribution in [2.24, 2.45) is 4.99 Å². The highest BCUT2D eigenvalue weighted by Gasteiger charge is 2.10. The minimum absolute atomic E-state index is 0. The van der Waals surface area contributed by atoms with Gasteiger partial charge in [0.25, 0.3) is 0 Å². The predicted octanol–water partition coefficient (Wildman–Crippen LogP) is 1.76. The molecule has 23 heavy (non-hydrogen) atoms. The van der Waals surface area contributed by atoms with Crippen LogP contribution in [-0.2, 0) is 16.4 Å². The van der Waals surface area contributed by atoms with Crippen LogP contribution in [0.15, 0.2) is 29.3 Å². The molecule has 1 N–H and O–H groups in total. The highest BCUT2D eigenvalue weighted by atomic mass is 127. The summed E-state index contributed by atoms with van der Waals surface area (Å²) in [5, 5.41) is 3.17. The fourth-order valence-electron chi connectivity index (χ4n) is 2.08. The Morgan fingerprint density at radius 1 is 1.35 bits per heavy atom. The van der Waals surface area contributed by atoms with E-state index in [-0.39, 0.29) is 29.7 Å². The molecule has 8 heteroatoms. The maximum absolute atomic E-state index is 11.1. The molecule has 0 unspecified atom stereocenters. The van der Waals surface area contributed by atoms with E-state index >= 15 is 0 Å². The van der Waals surface area contributed by atoms with Crippen LogP contribution in [0.4, 0.5) is 0 Å². The molecule has 1 rings (SSSR count). The van der Waals surface area contributed by atoms with Crippen molar-refractivity contribution in [2.75, 3.05) is 39.8 Å². The summed E-state index contributed by atoms with van der Waals surface area (Å²) in [7, 11) is 2.37. The van der Waals surface area contributed by atoms with Crippen LogP contribution in [0.5, 0.6) is 5.75 Å². The molecule has 0 heterocycles. The SMILES string of the molecule is CN=C(NCCCS(C)(=O)=O)N(C)Cc1ccccc1OC.I. The second kappa shape index (κ2) is 10.7. The zero-order valence-electron chi connectivity index (χ0n) is 14.1. The van der Waals surface area contributed by atoms with Crippen LogP contribution in [0.3, 0.4) is 0 Å². The second-order valence-corrected chi connectivity index (χ2v) is 7.39. The van der Waals surface area contributed by atoms with Gasteiger partial charge in [0.05, 0.1) is 12.9 Å². The molecule has 0 saturated heterocycles. The summed E-state index contributed by atoms with van der Waals surface area (Å²) in [6.07, 6.45) is 1.80. The number of halogens is 1. The highest BCUT2D eigenvalue weighted by molar-refractivity contribution is 14.0. The number of hydrogen-bond donors (Lipinski definition) is 1. The number of ether oxygens (including phenoxy) is 1. The van der Waals surface area contributed by atoms with Gasteiger partial charge in [-0.15, -0.1) is 24.0 Å². The van der Waals surface area contributed by atoms with Gasteiger partial charge in [0.15, 0.2) is 5.96 Å². The predicted molar refractivity (Wildman–Crippen MR) is 106 cm³/mol. The first kappa shape index (κ1) is 22.0. The molecule has 0 radical (unpaired) electrons. The first-order valence-electron chi connectivity index (χ1n) is 7.08. The third kappa shape index (κ3) is 8.40. The molecule has 0 aliphatic heterocycles. The number of methoxy groups -OCH3 is 1. The number of benzene rings is 1. The third-order valence-electron chi connectivity index (χ3n) is 3.15. The molecule has 0 fully saturated rings. The fourth-order valence-corrected chi connectivity index (χ4v) is 2.75. The summed E-state index contributed by atoms with van der Waals surface area (Å²) in [5.41, 5.74) is 1.06. The standard InChI is InChI=1S/C15H25N3O3S.HI/c1-16-15(17-10-7-11-22(4,19)20)18(2)12-13-8-5-6-9-14(13)21-3;/h5-6,8-9H,7,10-12H2,1-4H3,(H,16,17);1H. The van der Waals surface area contributed by atoms with Crippen molar-refractivity contribution in [1.29, 1.82) is 0 Å². The molecule has 0 bridgehead atoms. The second-order valence-electron chi connectivity index (χ2n) is 5.13. The Morgan fingerprint density at radius 2 is 2.00 bits per heavy atom.